The van der Waals surface area contributed by atoms with Gasteiger partial charge in [0.25, 0.3) is 5.69 Å². The molecule has 1 saturated heterocycles. The molecule has 1 heterocycles. The minimum Gasteiger partial charge on any atom is -0.494 e. The van der Waals surface area contributed by atoms with Gasteiger partial charge in [-0.3, -0.25) is 19.7 Å². The van der Waals surface area contributed by atoms with E-state index < -0.39 is 16.9 Å². The Bertz CT molecular complexity index is 913. The molecule has 2 atom stereocenters. The molecule has 0 aromatic heterocycles. The van der Waals surface area contributed by atoms with E-state index in [0.29, 0.717) is 23.6 Å². The Morgan fingerprint density at radius 1 is 1.27 bits per heavy atom. The maximum atomic E-state index is 12.5. The topological polar surface area (TPSA) is 122 Å². The number of nitrogens with zero attached hydrogens (tertiary/aromatic N) is 2. The zero-order valence-electron chi connectivity index (χ0n) is 16.5. The number of hydrogen-bond acceptors (Lipinski definition) is 6. The Morgan fingerprint density at radius 2 is 1.93 bits per heavy atom. The van der Waals surface area contributed by atoms with Gasteiger partial charge < -0.3 is 20.1 Å². The molecule has 158 valence electrons. The first-order valence-corrected chi connectivity index (χ1v) is 9.62. The summed E-state index contributed by atoms with van der Waals surface area (Å²) in [5.74, 6) is -0.275. The van der Waals surface area contributed by atoms with Gasteiger partial charge in [0.15, 0.2) is 0 Å². The van der Waals surface area contributed by atoms with Crippen LogP contribution in [0.4, 0.5) is 11.4 Å². The zero-order chi connectivity index (χ0) is 21.7. The molecule has 1 aliphatic rings. The van der Waals surface area contributed by atoms with Crippen molar-refractivity contribution in [2.24, 2.45) is 5.92 Å². The number of anilines is 1. The fourth-order valence-electron chi connectivity index (χ4n) is 3.30. The lowest BCUT2D eigenvalue weighted by molar-refractivity contribution is -0.384. The number of rotatable bonds is 8. The van der Waals surface area contributed by atoms with Crippen molar-refractivity contribution in [2.75, 3.05) is 24.6 Å². The van der Waals surface area contributed by atoms with Crippen LogP contribution in [-0.4, -0.2) is 41.5 Å². The van der Waals surface area contributed by atoms with E-state index in [1.807, 2.05) is 6.92 Å². The number of hydrogen-bond donors (Lipinski definition) is 2. The summed E-state index contributed by atoms with van der Waals surface area (Å²) in [5.41, 5.74) is 1.08. The summed E-state index contributed by atoms with van der Waals surface area (Å²) in [6.45, 7) is 2.65. The molecule has 1 fully saturated rings. The molecular formula is C21H23N3O6. The van der Waals surface area contributed by atoms with Crippen molar-refractivity contribution in [1.29, 1.82) is 0 Å². The number of aliphatic hydroxyl groups excluding tert-OH is 1. The molecule has 0 saturated carbocycles. The molecule has 0 aliphatic carbocycles. The van der Waals surface area contributed by atoms with Crippen LogP contribution < -0.4 is 15.0 Å². The number of non-ortho nitro benzene ring substituents is 1. The number of nitro benzene ring substituents is 1. The van der Waals surface area contributed by atoms with E-state index in [2.05, 4.69) is 5.32 Å². The molecule has 30 heavy (non-hydrogen) atoms. The Labute approximate surface area is 173 Å². The number of nitro groups is 1. The van der Waals surface area contributed by atoms with Crippen molar-refractivity contribution in [3.05, 3.63) is 64.2 Å². The molecule has 0 unspecified atom stereocenters. The smallest absolute Gasteiger partial charge is 0.269 e. The molecule has 2 N–H and O–H groups in total. The summed E-state index contributed by atoms with van der Waals surface area (Å²) >= 11 is 0. The third-order valence-electron chi connectivity index (χ3n) is 4.91. The van der Waals surface area contributed by atoms with Gasteiger partial charge in [-0.05, 0) is 48.9 Å². The number of carbonyl (C=O) groups excluding carboxylic acids is 2. The van der Waals surface area contributed by atoms with Gasteiger partial charge in [-0.15, -0.1) is 0 Å². The second-order valence-corrected chi connectivity index (χ2v) is 6.94. The van der Waals surface area contributed by atoms with E-state index in [4.69, 9.17) is 4.74 Å². The van der Waals surface area contributed by atoms with Crippen LogP contribution >= 0.6 is 0 Å². The lowest BCUT2D eigenvalue weighted by Crippen LogP contribution is -2.35. The van der Waals surface area contributed by atoms with Gasteiger partial charge >= 0.3 is 0 Å². The van der Waals surface area contributed by atoms with Crippen LogP contribution in [0.1, 0.15) is 25.0 Å². The highest BCUT2D eigenvalue weighted by atomic mass is 16.6. The first-order chi connectivity index (χ1) is 14.4. The predicted molar refractivity (Wildman–Crippen MR) is 109 cm³/mol. The summed E-state index contributed by atoms with van der Waals surface area (Å²) < 4.78 is 5.39. The maximum absolute atomic E-state index is 12.5. The molecule has 0 bridgehead atoms. The molecule has 2 aromatic carbocycles. The highest BCUT2D eigenvalue weighted by Gasteiger charge is 2.35. The standard InChI is InChI=1S/C21H23N3O6/c1-2-30-18-9-7-16(8-10-18)23-13-15(11-20(23)26)21(27)22-12-19(25)14-3-5-17(6-4-14)24(28)29/h3-10,15,19,25H,2,11-13H2,1H3,(H,22,27)/t15-,19+/m0/s1. The molecule has 3 rings (SSSR count). The lowest BCUT2D eigenvalue weighted by atomic mass is 10.1. The number of ether oxygens (including phenoxy) is 1. The fourth-order valence-corrected chi connectivity index (χ4v) is 3.30. The van der Waals surface area contributed by atoms with Crippen molar-refractivity contribution in [1.82, 2.24) is 5.32 Å². The Morgan fingerprint density at radius 3 is 2.53 bits per heavy atom. The van der Waals surface area contributed by atoms with Gasteiger partial charge in [-0.1, -0.05) is 0 Å². The highest BCUT2D eigenvalue weighted by Crippen LogP contribution is 2.27. The molecule has 1 aliphatic heterocycles. The van der Waals surface area contributed by atoms with Crippen LogP contribution in [0.3, 0.4) is 0 Å². The summed E-state index contributed by atoms with van der Waals surface area (Å²) in [6.07, 6.45) is -0.916. The van der Waals surface area contributed by atoms with Crippen molar-refractivity contribution < 1.29 is 24.4 Å². The summed E-state index contributed by atoms with van der Waals surface area (Å²) in [7, 11) is 0. The van der Waals surface area contributed by atoms with E-state index >= 15 is 0 Å². The van der Waals surface area contributed by atoms with Gasteiger partial charge in [0, 0.05) is 37.3 Å². The Balaban J connectivity index is 1.54. The number of carbonyl (C=O) groups is 2. The molecule has 2 amide bonds. The molecule has 9 nitrogen and oxygen atoms in total. The summed E-state index contributed by atoms with van der Waals surface area (Å²) in [5, 5.41) is 23.6. The predicted octanol–water partition coefficient (Wildman–Crippen LogP) is 2.20. The van der Waals surface area contributed by atoms with Crippen LogP contribution in [0, 0.1) is 16.0 Å². The van der Waals surface area contributed by atoms with E-state index in [-0.39, 0.29) is 37.0 Å². The number of aliphatic hydroxyl groups is 1. The van der Waals surface area contributed by atoms with Crippen molar-refractivity contribution in [2.45, 2.75) is 19.4 Å². The minimum absolute atomic E-state index is 0.0512. The van der Waals surface area contributed by atoms with Crippen LogP contribution in [0.15, 0.2) is 48.5 Å². The first-order valence-electron chi connectivity index (χ1n) is 9.62. The van der Waals surface area contributed by atoms with Crippen molar-refractivity contribution in [3.8, 4) is 5.75 Å². The van der Waals surface area contributed by atoms with Gasteiger partial charge in [0.05, 0.1) is 23.6 Å². The monoisotopic (exact) mass is 413 g/mol. The minimum atomic E-state index is -1.01. The molecule has 2 aromatic rings. The number of benzene rings is 2. The van der Waals surface area contributed by atoms with Crippen molar-refractivity contribution in [3.63, 3.8) is 0 Å². The number of amides is 2. The van der Waals surface area contributed by atoms with Crippen molar-refractivity contribution >= 4 is 23.2 Å². The van der Waals surface area contributed by atoms with E-state index in [1.54, 1.807) is 29.2 Å². The van der Waals surface area contributed by atoms with E-state index in [0.717, 1.165) is 0 Å². The van der Waals surface area contributed by atoms with E-state index in [9.17, 15) is 24.8 Å². The van der Waals surface area contributed by atoms with Crippen LogP contribution in [-0.2, 0) is 9.59 Å². The van der Waals surface area contributed by atoms with E-state index in [1.165, 1.54) is 24.3 Å². The average Bonchev–Trinajstić information content (AvgIpc) is 3.14. The Kier molecular flexibility index (Phi) is 6.63. The third kappa shape index (κ3) is 4.93. The van der Waals surface area contributed by atoms with Gasteiger partial charge in [-0.2, -0.15) is 0 Å². The molecule has 9 heteroatoms. The fraction of sp³-hybridized carbons (Fsp3) is 0.333. The second-order valence-electron chi connectivity index (χ2n) is 6.94. The van der Waals surface area contributed by atoms with Gasteiger partial charge in [0.2, 0.25) is 11.8 Å². The normalized spacial score (nSPS) is 16.9. The summed E-state index contributed by atoms with van der Waals surface area (Å²) in [6, 6.07) is 12.6. The van der Waals surface area contributed by atoms with Gasteiger partial charge in [0.1, 0.15) is 5.75 Å². The van der Waals surface area contributed by atoms with Crippen LogP contribution in [0.2, 0.25) is 0 Å². The zero-order valence-corrected chi connectivity index (χ0v) is 16.5. The maximum Gasteiger partial charge on any atom is 0.269 e. The quantitative estimate of drug-likeness (QED) is 0.505. The number of nitrogens with one attached hydrogen (secondary N) is 1. The first kappa shape index (κ1) is 21.3. The lowest BCUT2D eigenvalue weighted by Gasteiger charge is -2.18. The second kappa shape index (κ2) is 9.36. The molecule has 0 radical (unpaired) electrons. The Hall–Kier alpha value is -3.46. The third-order valence-corrected chi connectivity index (χ3v) is 4.91. The SMILES string of the molecule is CCOc1ccc(N2C[C@@H](C(=O)NC[C@@H](O)c3ccc([N+](=O)[O-])cc3)CC2=O)cc1. The molecular weight excluding hydrogens is 390 g/mol. The highest BCUT2D eigenvalue weighted by molar-refractivity contribution is 6.00. The van der Waals surface area contributed by atoms with Gasteiger partial charge in [-0.25, -0.2) is 0 Å². The van der Waals surface area contributed by atoms with Crippen LogP contribution in [0.5, 0.6) is 5.75 Å². The summed E-state index contributed by atoms with van der Waals surface area (Å²) in [4.78, 5) is 36.6. The average molecular weight is 413 g/mol. The largest absolute Gasteiger partial charge is 0.494 e. The van der Waals surface area contributed by atoms with Crippen LogP contribution in [0.25, 0.3) is 0 Å². The molecule has 0 spiro atoms.